The Labute approximate surface area is 161 Å². The minimum absolute atomic E-state index is 0.00617. The van der Waals surface area contributed by atoms with Crippen molar-refractivity contribution >= 4 is 17.6 Å². The van der Waals surface area contributed by atoms with E-state index in [0.29, 0.717) is 22.6 Å². The summed E-state index contributed by atoms with van der Waals surface area (Å²) in [5.74, 6) is -1.87. The zero-order chi connectivity index (χ0) is 20.3. The number of fused-ring (bicyclic) bond motifs is 1. The molecule has 8 nitrogen and oxygen atoms in total. The summed E-state index contributed by atoms with van der Waals surface area (Å²) in [6.07, 6.45) is 0.00617. The lowest BCUT2D eigenvalue weighted by Crippen LogP contribution is -2.53. The van der Waals surface area contributed by atoms with Crippen LogP contribution in [0.5, 0.6) is 5.75 Å². The Bertz CT molecular complexity index is 911. The number of anilines is 1. The fourth-order valence-corrected chi connectivity index (χ4v) is 3.71. The van der Waals surface area contributed by atoms with Crippen molar-refractivity contribution in [3.8, 4) is 5.75 Å². The maximum absolute atomic E-state index is 13.1. The van der Waals surface area contributed by atoms with E-state index in [-0.39, 0.29) is 6.42 Å². The van der Waals surface area contributed by atoms with Crippen LogP contribution >= 0.6 is 0 Å². The highest BCUT2D eigenvalue weighted by molar-refractivity contribution is 6.12. The molecule has 2 aromatic carbocycles. The number of hydrogen-bond donors (Lipinski definition) is 1. The Morgan fingerprint density at radius 3 is 2.50 bits per heavy atom. The van der Waals surface area contributed by atoms with Gasteiger partial charge in [0, 0.05) is 17.0 Å². The molecule has 0 unspecified atom stereocenters. The number of rotatable bonds is 6. The molecule has 8 heteroatoms. The number of esters is 1. The molecular formula is C20H20N2O6. The second-order valence-corrected chi connectivity index (χ2v) is 6.59. The molecule has 1 aliphatic rings. The van der Waals surface area contributed by atoms with E-state index in [1.165, 1.54) is 14.2 Å². The summed E-state index contributed by atoms with van der Waals surface area (Å²) in [5.41, 5.74) is 0.0264. The van der Waals surface area contributed by atoms with Crippen molar-refractivity contribution in [3.63, 3.8) is 0 Å². The van der Waals surface area contributed by atoms with E-state index in [4.69, 9.17) is 9.47 Å². The lowest BCUT2D eigenvalue weighted by Gasteiger charge is -2.38. The number of amides is 1. The molecule has 1 heterocycles. The van der Waals surface area contributed by atoms with Crippen molar-refractivity contribution in [2.75, 3.05) is 26.1 Å². The molecule has 0 saturated carbocycles. The quantitative estimate of drug-likeness (QED) is 0.355. The second kappa shape index (κ2) is 7.67. The molecule has 0 aliphatic carbocycles. The monoisotopic (exact) mass is 384 g/mol. The average Bonchev–Trinajstić information content (AvgIpc) is 2.71. The molecule has 28 heavy (non-hydrogen) atoms. The minimum Gasteiger partial charge on any atom is -0.497 e. The van der Waals surface area contributed by atoms with E-state index in [2.05, 4.69) is 5.32 Å². The number of hydrogen-bond acceptors (Lipinski definition) is 6. The number of nitrogens with zero attached hydrogens (tertiary/aromatic N) is 1. The SMILES string of the molecule is COC(=O)[C@@]1([C@@H](C[N+](=O)[O-])c2ccc(OC)cc2)Cc2ccccc2NC1=O. The zero-order valence-corrected chi connectivity index (χ0v) is 15.5. The van der Waals surface area contributed by atoms with Crippen molar-refractivity contribution in [3.05, 3.63) is 69.8 Å². The third kappa shape index (κ3) is 3.28. The Morgan fingerprint density at radius 1 is 1.21 bits per heavy atom. The van der Waals surface area contributed by atoms with Gasteiger partial charge < -0.3 is 14.8 Å². The van der Waals surface area contributed by atoms with Gasteiger partial charge in [0.25, 0.3) is 0 Å². The molecular weight excluding hydrogens is 364 g/mol. The van der Waals surface area contributed by atoms with Gasteiger partial charge in [0.05, 0.1) is 20.1 Å². The molecule has 1 aliphatic heterocycles. The van der Waals surface area contributed by atoms with Gasteiger partial charge in [0.2, 0.25) is 12.5 Å². The number of nitrogens with one attached hydrogen (secondary N) is 1. The van der Waals surface area contributed by atoms with Gasteiger partial charge in [0.1, 0.15) is 5.75 Å². The number of carbonyl (C=O) groups is 2. The van der Waals surface area contributed by atoms with Crippen LogP contribution in [-0.2, 0) is 20.7 Å². The van der Waals surface area contributed by atoms with Gasteiger partial charge in [-0.25, -0.2) is 0 Å². The molecule has 0 radical (unpaired) electrons. The first kappa shape index (κ1) is 19.3. The summed E-state index contributed by atoms with van der Waals surface area (Å²) in [5, 5.41) is 14.2. The third-order valence-corrected chi connectivity index (χ3v) is 5.13. The Morgan fingerprint density at radius 2 is 1.89 bits per heavy atom. The van der Waals surface area contributed by atoms with Crippen LogP contribution in [0.4, 0.5) is 5.69 Å². The third-order valence-electron chi connectivity index (χ3n) is 5.13. The van der Waals surface area contributed by atoms with Crippen LogP contribution in [-0.4, -0.2) is 37.6 Å². The van der Waals surface area contributed by atoms with E-state index in [1.54, 1.807) is 48.5 Å². The molecule has 0 spiro atoms. The van der Waals surface area contributed by atoms with Crippen LogP contribution in [0.15, 0.2) is 48.5 Å². The minimum atomic E-state index is -1.76. The molecule has 0 fully saturated rings. The molecule has 2 aromatic rings. The number of ether oxygens (including phenoxy) is 2. The lowest BCUT2D eigenvalue weighted by atomic mass is 9.66. The largest absolute Gasteiger partial charge is 0.497 e. The summed E-state index contributed by atoms with van der Waals surface area (Å²) in [7, 11) is 2.68. The van der Waals surface area contributed by atoms with Gasteiger partial charge >= 0.3 is 5.97 Å². The Hall–Kier alpha value is -3.42. The van der Waals surface area contributed by atoms with Crippen molar-refractivity contribution in [2.45, 2.75) is 12.3 Å². The van der Waals surface area contributed by atoms with Crippen molar-refractivity contribution in [1.82, 2.24) is 0 Å². The molecule has 2 atom stereocenters. The Kier molecular flexibility index (Phi) is 5.30. The van der Waals surface area contributed by atoms with Crippen LogP contribution in [0.1, 0.15) is 17.0 Å². The van der Waals surface area contributed by atoms with E-state index < -0.39 is 34.7 Å². The summed E-state index contributed by atoms with van der Waals surface area (Å²) in [4.78, 5) is 37.0. The first-order valence-electron chi connectivity index (χ1n) is 8.66. The fraction of sp³-hybridized carbons (Fsp3) is 0.300. The maximum Gasteiger partial charge on any atom is 0.322 e. The van der Waals surface area contributed by atoms with Gasteiger partial charge in [-0.1, -0.05) is 30.3 Å². The fourth-order valence-electron chi connectivity index (χ4n) is 3.71. The standard InChI is InChI=1S/C20H20N2O6/c1-27-15-9-7-13(8-10-15)16(12-22(25)26)20(19(24)28-2)11-14-5-3-4-6-17(14)21-18(20)23/h3-10,16H,11-12H2,1-2H3,(H,21,23)/t16-,20+/m0/s1. The van der Waals surface area contributed by atoms with Crippen LogP contribution < -0.4 is 10.1 Å². The summed E-state index contributed by atoms with van der Waals surface area (Å²) >= 11 is 0. The lowest BCUT2D eigenvalue weighted by molar-refractivity contribution is -0.485. The van der Waals surface area contributed by atoms with Gasteiger partial charge in [-0.3, -0.25) is 19.7 Å². The van der Waals surface area contributed by atoms with Gasteiger partial charge in [-0.2, -0.15) is 0 Å². The maximum atomic E-state index is 13.1. The predicted octanol–water partition coefficient (Wildman–Crippen LogP) is 2.41. The molecule has 3 rings (SSSR count). The molecule has 1 amide bonds. The van der Waals surface area contributed by atoms with E-state index >= 15 is 0 Å². The molecule has 1 N–H and O–H groups in total. The zero-order valence-electron chi connectivity index (χ0n) is 15.5. The van der Waals surface area contributed by atoms with Crippen molar-refractivity contribution < 1.29 is 24.0 Å². The topological polar surface area (TPSA) is 108 Å². The first-order valence-corrected chi connectivity index (χ1v) is 8.66. The van der Waals surface area contributed by atoms with Gasteiger partial charge in [-0.05, 0) is 29.3 Å². The summed E-state index contributed by atoms with van der Waals surface area (Å²) < 4.78 is 10.1. The van der Waals surface area contributed by atoms with E-state index in [1.807, 2.05) is 0 Å². The van der Waals surface area contributed by atoms with E-state index in [9.17, 15) is 19.7 Å². The van der Waals surface area contributed by atoms with E-state index in [0.717, 1.165) is 0 Å². The van der Waals surface area contributed by atoms with Crippen molar-refractivity contribution in [2.24, 2.45) is 5.41 Å². The van der Waals surface area contributed by atoms with Crippen LogP contribution in [0, 0.1) is 15.5 Å². The molecule has 0 saturated heterocycles. The number of carbonyl (C=O) groups excluding carboxylic acids is 2. The smallest absolute Gasteiger partial charge is 0.322 e. The van der Waals surface area contributed by atoms with Gasteiger partial charge in [0.15, 0.2) is 5.41 Å². The second-order valence-electron chi connectivity index (χ2n) is 6.59. The molecule has 0 bridgehead atoms. The summed E-state index contributed by atoms with van der Waals surface area (Å²) in [6.45, 7) is -0.600. The normalized spacial score (nSPS) is 19.1. The van der Waals surface area contributed by atoms with Crippen LogP contribution in [0.2, 0.25) is 0 Å². The molecule has 0 aromatic heterocycles. The summed E-state index contributed by atoms with van der Waals surface area (Å²) in [6, 6.07) is 13.6. The Balaban J connectivity index is 2.17. The highest BCUT2D eigenvalue weighted by Crippen LogP contribution is 2.45. The number of methoxy groups -OCH3 is 2. The first-order chi connectivity index (χ1) is 13.4. The van der Waals surface area contributed by atoms with Gasteiger partial charge in [-0.15, -0.1) is 0 Å². The molecule has 146 valence electrons. The number of para-hydroxylation sites is 1. The van der Waals surface area contributed by atoms with Crippen molar-refractivity contribution in [1.29, 1.82) is 0 Å². The highest BCUT2D eigenvalue weighted by Gasteiger charge is 2.57. The number of nitro groups is 1. The highest BCUT2D eigenvalue weighted by atomic mass is 16.6. The average molecular weight is 384 g/mol. The number of benzene rings is 2. The van der Waals surface area contributed by atoms with Crippen LogP contribution in [0.25, 0.3) is 0 Å². The van der Waals surface area contributed by atoms with Crippen LogP contribution in [0.3, 0.4) is 0 Å². The predicted molar refractivity (Wildman–Crippen MR) is 101 cm³/mol.